The highest BCUT2D eigenvalue weighted by Crippen LogP contribution is 2.15. The highest BCUT2D eigenvalue weighted by molar-refractivity contribution is 5.92. The molecule has 1 atom stereocenters. The van der Waals surface area contributed by atoms with Crippen molar-refractivity contribution in [3.63, 3.8) is 0 Å². The van der Waals surface area contributed by atoms with Crippen molar-refractivity contribution in [1.82, 2.24) is 24.6 Å². The van der Waals surface area contributed by atoms with Crippen LogP contribution in [-0.2, 0) is 18.2 Å². The van der Waals surface area contributed by atoms with Crippen molar-refractivity contribution in [2.45, 2.75) is 13.3 Å². The van der Waals surface area contributed by atoms with Gasteiger partial charge in [0.15, 0.2) is 0 Å². The van der Waals surface area contributed by atoms with Crippen molar-refractivity contribution < 1.29 is 9.53 Å². The minimum atomic E-state index is -0.000585. The average Bonchev–Trinajstić information content (AvgIpc) is 2.81. The van der Waals surface area contributed by atoms with Gasteiger partial charge in [0, 0.05) is 43.6 Å². The molecule has 1 amide bonds. The first-order valence-electron chi connectivity index (χ1n) is 7.76. The number of ether oxygens (including phenoxy) is 1. The van der Waals surface area contributed by atoms with Crippen LogP contribution in [0.2, 0.25) is 0 Å². The zero-order valence-electron chi connectivity index (χ0n) is 13.5. The number of hydrogen-bond acceptors (Lipinski definition) is 5. The van der Waals surface area contributed by atoms with E-state index in [0.29, 0.717) is 32.0 Å². The Bertz CT molecular complexity index is 685. The molecule has 0 spiro atoms. The fourth-order valence-electron chi connectivity index (χ4n) is 2.85. The molecule has 3 heterocycles. The molecule has 7 heteroatoms. The number of aryl methyl sites for hydroxylation is 2. The van der Waals surface area contributed by atoms with Gasteiger partial charge in [-0.25, -0.2) is 9.97 Å². The van der Waals surface area contributed by atoms with E-state index < -0.39 is 0 Å². The summed E-state index contributed by atoms with van der Waals surface area (Å²) in [7, 11) is 1.78. The van der Waals surface area contributed by atoms with E-state index in [0.717, 1.165) is 17.8 Å². The van der Waals surface area contributed by atoms with Crippen LogP contribution in [0.25, 0.3) is 0 Å². The Balaban J connectivity index is 1.71. The van der Waals surface area contributed by atoms with Crippen LogP contribution in [0.15, 0.2) is 24.7 Å². The van der Waals surface area contributed by atoms with Crippen LogP contribution >= 0.6 is 0 Å². The minimum absolute atomic E-state index is 0.000585. The number of aromatic nitrogens is 4. The van der Waals surface area contributed by atoms with Gasteiger partial charge >= 0.3 is 0 Å². The summed E-state index contributed by atoms with van der Waals surface area (Å²) in [6.07, 6.45) is 4.00. The lowest BCUT2D eigenvalue weighted by Gasteiger charge is -2.23. The summed E-state index contributed by atoms with van der Waals surface area (Å²) in [4.78, 5) is 23.0. The van der Waals surface area contributed by atoms with E-state index in [-0.39, 0.29) is 11.8 Å². The Hall–Kier alpha value is -2.28. The van der Waals surface area contributed by atoms with Gasteiger partial charge < -0.3 is 9.64 Å². The van der Waals surface area contributed by atoms with Gasteiger partial charge in [-0.1, -0.05) is 0 Å². The molecule has 0 radical (unpaired) electrons. The average molecular weight is 315 g/mol. The van der Waals surface area contributed by atoms with Crippen LogP contribution in [0.4, 0.5) is 0 Å². The van der Waals surface area contributed by atoms with E-state index in [1.165, 1.54) is 0 Å². The van der Waals surface area contributed by atoms with Gasteiger partial charge in [0.25, 0.3) is 5.91 Å². The van der Waals surface area contributed by atoms with E-state index in [9.17, 15) is 4.79 Å². The van der Waals surface area contributed by atoms with Gasteiger partial charge in [0.2, 0.25) is 0 Å². The van der Waals surface area contributed by atoms with Crippen molar-refractivity contribution >= 4 is 5.91 Å². The Morgan fingerprint density at radius 2 is 2.30 bits per heavy atom. The van der Waals surface area contributed by atoms with E-state index in [1.54, 1.807) is 30.3 Å². The standard InChI is InChI=1S/C16H21N5O2/c1-12-7-14(18-11-17-12)8-13-9-21(5-6-23-10-13)16(22)15-3-4-19-20(15)2/h3-4,7,11,13H,5-6,8-10H2,1-2H3/t13-/m0/s1. The first kappa shape index (κ1) is 15.6. The highest BCUT2D eigenvalue weighted by Gasteiger charge is 2.25. The molecule has 1 fully saturated rings. The molecule has 2 aromatic heterocycles. The lowest BCUT2D eigenvalue weighted by atomic mass is 10.0. The second-order valence-electron chi connectivity index (χ2n) is 5.89. The molecule has 0 aliphatic carbocycles. The van der Waals surface area contributed by atoms with Gasteiger partial charge in [-0.05, 0) is 25.5 Å². The van der Waals surface area contributed by atoms with Crippen molar-refractivity contribution in [2.24, 2.45) is 13.0 Å². The molecule has 0 N–H and O–H groups in total. The van der Waals surface area contributed by atoms with Gasteiger partial charge in [-0.15, -0.1) is 0 Å². The number of amides is 1. The van der Waals surface area contributed by atoms with E-state index >= 15 is 0 Å². The predicted octanol–water partition coefficient (Wildman–Crippen LogP) is 0.850. The Labute approximate surface area is 135 Å². The monoisotopic (exact) mass is 315 g/mol. The Morgan fingerprint density at radius 3 is 3.04 bits per heavy atom. The fourth-order valence-corrected chi connectivity index (χ4v) is 2.85. The second kappa shape index (κ2) is 6.87. The summed E-state index contributed by atoms with van der Waals surface area (Å²) in [6, 6.07) is 3.73. The van der Waals surface area contributed by atoms with Gasteiger partial charge in [0.05, 0.1) is 13.2 Å². The minimum Gasteiger partial charge on any atom is -0.379 e. The molecule has 0 bridgehead atoms. The van der Waals surface area contributed by atoms with Crippen molar-refractivity contribution in [3.05, 3.63) is 41.7 Å². The smallest absolute Gasteiger partial charge is 0.272 e. The van der Waals surface area contributed by atoms with Crippen molar-refractivity contribution in [1.29, 1.82) is 0 Å². The first-order valence-corrected chi connectivity index (χ1v) is 7.76. The maximum absolute atomic E-state index is 12.7. The zero-order valence-corrected chi connectivity index (χ0v) is 13.5. The van der Waals surface area contributed by atoms with Crippen molar-refractivity contribution in [2.75, 3.05) is 26.3 Å². The molecule has 1 saturated heterocycles. The van der Waals surface area contributed by atoms with Gasteiger partial charge in [-0.3, -0.25) is 9.48 Å². The van der Waals surface area contributed by atoms with E-state index in [4.69, 9.17) is 4.74 Å². The molecule has 2 aromatic rings. The summed E-state index contributed by atoms with van der Waals surface area (Å²) in [5.41, 5.74) is 2.54. The topological polar surface area (TPSA) is 73.1 Å². The van der Waals surface area contributed by atoms with Gasteiger partial charge in [0.1, 0.15) is 12.0 Å². The van der Waals surface area contributed by atoms with Crippen LogP contribution in [0.1, 0.15) is 21.9 Å². The summed E-state index contributed by atoms with van der Waals surface area (Å²) in [5.74, 6) is 0.225. The van der Waals surface area contributed by atoms with Crippen LogP contribution in [0, 0.1) is 12.8 Å². The van der Waals surface area contributed by atoms with Crippen LogP contribution in [0.5, 0.6) is 0 Å². The number of hydrogen-bond donors (Lipinski definition) is 0. The third-order valence-corrected chi connectivity index (χ3v) is 4.02. The molecule has 122 valence electrons. The molecule has 23 heavy (non-hydrogen) atoms. The Kier molecular flexibility index (Phi) is 4.66. The second-order valence-corrected chi connectivity index (χ2v) is 5.89. The Morgan fingerprint density at radius 1 is 1.43 bits per heavy atom. The van der Waals surface area contributed by atoms with Crippen LogP contribution in [0.3, 0.4) is 0 Å². The van der Waals surface area contributed by atoms with E-state index in [2.05, 4.69) is 15.1 Å². The van der Waals surface area contributed by atoms with Gasteiger partial charge in [-0.2, -0.15) is 5.10 Å². The lowest BCUT2D eigenvalue weighted by Crippen LogP contribution is -2.37. The van der Waals surface area contributed by atoms with Crippen LogP contribution < -0.4 is 0 Å². The molecule has 1 aliphatic rings. The third-order valence-electron chi connectivity index (χ3n) is 4.02. The lowest BCUT2D eigenvalue weighted by molar-refractivity contribution is 0.0726. The molecule has 0 unspecified atom stereocenters. The number of rotatable bonds is 3. The van der Waals surface area contributed by atoms with Crippen molar-refractivity contribution in [3.8, 4) is 0 Å². The molecule has 0 saturated carbocycles. The van der Waals surface area contributed by atoms with Crippen LogP contribution in [-0.4, -0.2) is 56.9 Å². The summed E-state index contributed by atoms with van der Waals surface area (Å²) in [6.45, 7) is 4.41. The molecule has 7 nitrogen and oxygen atoms in total. The predicted molar refractivity (Wildman–Crippen MR) is 83.9 cm³/mol. The number of carbonyl (C=O) groups is 1. The number of nitrogens with zero attached hydrogens (tertiary/aromatic N) is 5. The highest BCUT2D eigenvalue weighted by atomic mass is 16.5. The first-order chi connectivity index (χ1) is 11.1. The summed E-state index contributed by atoms with van der Waals surface area (Å²) >= 11 is 0. The quantitative estimate of drug-likeness (QED) is 0.839. The summed E-state index contributed by atoms with van der Waals surface area (Å²) in [5, 5.41) is 4.07. The normalized spacial score (nSPS) is 18.7. The fraction of sp³-hybridized carbons (Fsp3) is 0.500. The maximum atomic E-state index is 12.7. The third kappa shape index (κ3) is 3.73. The molecule has 0 aromatic carbocycles. The molecule has 1 aliphatic heterocycles. The largest absolute Gasteiger partial charge is 0.379 e. The zero-order chi connectivity index (χ0) is 16.2. The SMILES string of the molecule is Cc1cc(C[C@@H]2COCCN(C(=O)c3ccnn3C)C2)ncn1. The molecule has 3 rings (SSSR count). The van der Waals surface area contributed by atoms with E-state index in [1.807, 2.05) is 17.9 Å². The number of carbonyl (C=O) groups excluding carboxylic acids is 1. The maximum Gasteiger partial charge on any atom is 0.272 e. The molecular formula is C16H21N5O2. The summed E-state index contributed by atoms with van der Waals surface area (Å²) < 4.78 is 7.29. The molecular weight excluding hydrogens is 294 g/mol.